The zero-order valence-corrected chi connectivity index (χ0v) is 14.0. The molecule has 134 valence electrons. The van der Waals surface area contributed by atoms with Crippen LogP contribution in [-0.2, 0) is 9.53 Å². The predicted octanol–water partition coefficient (Wildman–Crippen LogP) is 3.44. The summed E-state index contributed by atoms with van der Waals surface area (Å²) in [6, 6.07) is 12.6. The fourth-order valence-corrected chi connectivity index (χ4v) is 2.74. The van der Waals surface area contributed by atoms with E-state index in [0.717, 1.165) is 23.8 Å². The highest BCUT2D eigenvalue weighted by Crippen LogP contribution is 2.22. The Morgan fingerprint density at radius 2 is 1.81 bits per heavy atom. The molecule has 0 radical (unpaired) electrons. The minimum Gasteiger partial charge on any atom is -0.452 e. The summed E-state index contributed by atoms with van der Waals surface area (Å²) in [5.41, 5.74) is 2.17. The molecule has 0 aromatic heterocycles. The van der Waals surface area contributed by atoms with Crippen LogP contribution in [0.2, 0.25) is 0 Å². The smallest absolute Gasteiger partial charge is 0.338 e. The van der Waals surface area contributed by atoms with Gasteiger partial charge < -0.3 is 9.64 Å². The van der Waals surface area contributed by atoms with Crippen molar-refractivity contribution in [2.24, 2.45) is 0 Å². The number of carbonyl (C=O) groups excluding carboxylic acids is 2. The maximum absolute atomic E-state index is 13.1. The van der Waals surface area contributed by atoms with Crippen molar-refractivity contribution in [2.75, 3.05) is 19.7 Å². The molecule has 0 unspecified atom stereocenters. The number of hydrogen-bond acceptors (Lipinski definition) is 3. The fraction of sp³-hybridized carbons (Fsp3) is 0.200. The van der Waals surface area contributed by atoms with E-state index in [4.69, 9.17) is 4.74 Å². The van der Waals surface area contributed by atoms with Gasteiger partial charge in [0, 0.05) is 13.1 Å². The molecule has 0 bridgehead atoms. The summed E-state index contributed by atoms with van der Waals surface area (Å²) in [6.07, 6.45) is 2.70. The summed E-state index contributed by atoms with van der Waals surface area (Å²) in [5, 5.41) is 0. The van der Waals surface area contributed by atoms with Gasteiger partial charge >= 0.3 is 5.97 Å². The number of benzene rings is 2. The molecule has 1 heterocycles. The molecule has 0 spiro atoms. The standard InChI is InChI=1S/C20H17F2NO3/c21-17-7-6-16(12-18(17)22)20(25)26-13-19(24)23-10-8-15(9-11-23)14-4-2-1-3-5-14/h1-8,12H,9-11,13H2. The first kappa shape index (κ1) is 17.8. The Morgan fingerprint density at radius 1 is 1.04 bits per heavy atom. The van der Waals surface area contributed by atoms with E-state index in [1.165, 1.54) is 5.57 Å². The van der Waals surface area contributed by atoms with Crippen molar-refractivity contribution in [3.05, 3.63) is 77.4 Å². The van der Waals surface area contributed by atoms with Gasteiger partial charge in [0.25, 0.3) is 5.91 Å². The van der Waals surface area contributed by atoms with Crippen LogP contribution in [-0.4, -0.2) is 36.5 Å². The highest BCUT2D eigenvalue weighted by molar-refractivity contribution is 5.91. The third kappa shape index (κ3) is 4.14. The van der Waals surface area contributed by atoms with Crippen molar-refractivity contribution in [2.45, 2.75) is 6.42 Å². The number of amides is 1. The highest BCUT2D eigenvalue weighted by Gasteiger charge is 2.20. The lowest BCUT2D eigenvalue weighted by molar-refractivity contribution is -0.134. The zero-order valence-electron chi connectivity index (χ0n) is 14.0. The van der Waals surface area contributed by atoms with Crippen molar-refractivity contribution >= 4 is 17.4 Å². The van der Waals surface area contributed by atoms with Crippen molar-refractivity contribution in [1.29, 1.82) is 0 Å². The van der Waals surface area contributed by atoms with Crippen LogP contribution < -0.4 is 0 Å². The van der Waals surface area contributed by atoms with Crippen molar-refractivity contribution < 1.29 is 23.1 Å². The van der Waals surface area contributed by atoms with Gasteiger partial charge in [0.1, 0.15) is 0 Å². The van der Waals surface area contributed by atoms with Crippen LogP contribution in [0.1, 0.15) is 22.3 Å². The Bertz CT molecular complexity index is 849. The van der Waals surface area contributed by atoms with Crippen LogP contribution in [0, 0.1) is 11.6 Å². The summed E-state index contributed by atoms with van der Waals surface area (Å²) >= 11 is 0. The van der Waals surface area contributed by atoms with Gasteiger partial charge in [0.2, 0.25) is 0 Å². The third-order valence-corrected chi connectivity index (χ3v) is 4.19. The maximum atomic E-state index is 13.1. The van der Waals surface area contributed by atoms with E-state index in [1.54, 1.807) is 4.90 Å². The van der Waals surface area contributed by atoms with Crippen molar-refractivity contribution in [3.63, 3.8) is 0 Å². The second kappa shape index (κ2) is 7.91. The zero-order chi connectivity index (χ0) is 18.5. The highest BCUT2D eigenvalue weighted by atomic mass is 19.2. The van der Waals surface area contributed by atoms with E-state index in [-0.39, 0.29) is 11.5 Å². The lowest BCUT2D eigenvalue weighted by atomic mass is 10.00. The van der Waals surface area contributed by atoms with Crippen LogP contribution in [0.25, 0.3) is 5.57 Å². The molecule has 1 amide bonds. The molecule has 2 aromatic carbocycles. The number of halogens is 2. The molecule has 4 nitrogen and oxygen atoms in total. The SMILES string of the molecule is O=C(OCC(=O)N1CC=C(c2ccccc2)CC1)c1ccc(F)c(F)c1. The fourth-order valence-electron chi connectivity index (χ4n) is 2.74. The molecule has 1 aliphatic heterocycles. The molecule has 0 fully saturated rings. The van der Waals surface area contributed by atoms with Crippen LogP contribution >= 0.6 is 0 Å². The lowest BCUT2D eigenvalue weighted by Gasteiger charge is -2.26. The summed E-state index contributed by atoms with van der Waals surface area (Å²) < 4.78 is 30.9. The second-order valence-corrected chi connectivity index (χ2v) is 5.89. The molecule has 3 rings (SSSR count). The Morgan fingerprint density at radius 3 is 2.46 bits per heavy atom. The van der Waals surface area contributed by atoms with Crippen LogP contribution in [0.5, 0.6) is 0 Å². The minimum atomic E-state index is -1.14. The van der Waals surface area contributed by atoms with Crippen LogP contribution in [0.4, 0.5) is 8.78 Å². The topological polar surface area (TPSA) is 46.6 Å². The molecule has 0 saturated heterocycles. The first-order valence-corrected chi connectivity index (χ1v) is 8.19. The number of nitrogens with zero attached hydrogens (tertiary/aromatic N) is 1. The normalized spacial score (nSPS) is 13.9. The quantitative estimate of drug-likeness (QED) is 0.788. The Hall–Kier alpha value is -3.02. The first-order valence-electron chi connectivity index (χ1n) is 8.19. The summed E-state index contributed by atoms with van der Waals surface area (Å²) in [7, 11) is 0. The average Bonchev–Trinajstić information content (AvgIpc) is 2.68. The van der Waals surface area contributed by atoms with Gasteiger partial charge in [-0.3, -0.25) is 4.79 Å². The van der Waals surface area contributed by atoms with Gasteiger partial charge in [-0.05, 0) is 35.8 Å². The molecule has 6 heteroatoms. The number of rotatable bonds is 4. The molecular weight excluding hydrogens is 340 g/mol. The second-order valence-electron chi connectivity index (χ2n) is 5.89. The Kier molecular flexibility index (Phi) is 5.41. The molecule has 26 heavy (non-hydrogen) atoms. The number of carbonyl (C=O) groups is 2. The number of hydrogen-bond donors (Lipinski definition) is 0. The monoisotopic (exact) mass is 357 g/mol. The van der Waals surface area contributed by atoms with Gasteiger partial charge in [0.05, 0.1) is 5.56 Å². The van der Waals surface area contributed by atoms with Crippen LogP contribution in [0.15, 0.2) is 54.6 Å². The lowest BCUT2D eigenvalue weighted by Crippen LogP contribution is -2.37. The Labute approximate surface area is 149 Å². The van der Waals surface area contributed by atoms with Crippen molar-refractivity contribution in [1.82, 2.24) is 4.90 Å². The number of ether oxygens (including phenoxy) is 1. The average molecular weight is 357 g/mol. The van der Waals surface area contributed by atoms with Gasteiger partial charge in [-0.15, -0.1) is 0 Å². The Balaban J connectivity index is 1.53. The predicted molar refractivity (Wildman–Crippen MR) is 92.3 cm³/mol. The van der Waals surface area contributed by atoms with Crippen LogP contribution in [0.3, 0.4) is 0 Å². The summed E-state index contributed by atoms with van der Waals surface area (Å²) in [4.78, 5) is 25.6. The summed E-state index contributed by atoms with van der Waals surface area (Å²) in [5.74, 6) is -3.38. The summed E-state index contributed by atoms with van der Waals surface area (Å²) in [6.45, 7) is 0.528. The van der Waals surface area contributed by atoms with E-state index in [1.807, 2.05) is 36.4 Å². The maximum Gasteiger partial charge on any atom is 0.338 e. The molecule has 0 aliphatic carbocycles. The van der Waals surface area contributed by atoms with E-state index < -0.39 is 24.2 Å². The van der Waals surface area contributed by atoms with Gasteiger partial charge in [0.15, 0.2) is 18.2 Å². The first-order chi connectivity index (χ1) is 12.5. The molecule has 0 saturated carbocycles. The largest absolute Gasteiger partial charge is 0.452 e. The van der Waals surface area contributed by atoms with E-state index in [9.17, 15) is 18.4 Å². The molecule has 1 aliphatic rings. The van der Waals surface area contributed by atoms with Gasteiger partial charge in [-0.2, -0.15) is 0 Å². The van der Waals surface area contributed by atoms with Gasteiger partial charge in [-0.25, -0.2) is 13.6 Å². The molecule has 2 aromatic rings. The van der Waals surface area contributed by atoms with E-state index in [2.05, 4.69) is 0 Å². The molecular formula is C20H17F2NO3. The molecule has 0 atom stereocenters. The minimum absolute atomic E-state index is 0.137. The number of esters is 1. The molecule has 0 N–H and O–H groups in total. The third-order valence-electron chi connectivity index (χ3n) is 4.19. The van der Waals surface area contributed by atoms with E-state index >= 15 is 0 Å². The van der Waals surface area contributed by atoms with Crippen molar-refractivity contribution in [3.8, 4) is 0 Å². The van der Waals surface area contributed by atoms with Gasteiger partial charge in [-0.1, -0.05) is 36.4 Å². The van der Waals surface area contributed by atoms with E-state index in [0.29, 0.717) is 19.5 Å².